The number of ether oxygens (including phenoxy) is 1. The average Bonchev–Trinajstić information content (AvgIpc) is 2.63. The molecule has 0 amide bonds. The third kappa shape index (κ3) is 8.00. The van der Waals surface area contributed by atoms with Crippen molar-refractivity contribution in [3.63, 3.8) is 0 Å². The summed E-state index contributed by atoms with van der Waals surface area (Å²) in [4.78, 5) is 0. The molecule has 4 heteroatoms. The number of rotatable bonds is 14. The van der Waals surface area contributed by atoms with Gasteiger partial charge in [0.15, 0.2) is 11.5 Å². The third-order valence-corrected chi connectivity index (χ3v) is 6.10. The second kappa shape index (κ2) is 11.7. The van der Waals surface area contributed by atoms with Crippen LogP contribution < -0.4 is 10.5 Å². The highest BCUT2D eigenvalue weighted by molar-refractivity contribution is 5.41. The molecular formula is C24H41NO3. The molecular weight excluding hydrogens is 350 g/mol. The summed E-state index contributed by atoms with van der Waals surface area (Å²) >= 11 is 0. The van der Waals surface area contributed by atoms with E-state index in [0.717, 1.165) is 37.2 Å². The summed E-state index contributed by atoms with van der Waals surface area (Å²) in [6, 6.07) is 5.63. The maximum absolute atomic E-state index is 10.3. The molecule has 1 saturated carbocycles. The first-order chi connectivity index (χ1) is 13.4. The summed E-state index contributed by atoms with van der Waals surface area (Å²) in [5.41, 5.74) is 6.95. The number of aromatic hydroxyl groups is 1. The molecule has 1 aromatic rings. The van der Waals surface area contributed by atoms with Crippen molar-refractivity contribution < 1.29 is 14.9 Å². The second-order valence-corrected chi connectivity index (χ2v) is 9.27. The van der Waals surface area contributed by atoms with Gasteiger partial charge in [-0.25, -0.2) is 0 Å². The monoisotopic (exact) mass is 391 g/mol. The van der Waals surface area contributed by atoms with Gasteiger partial charge in [-0.05, 0) is 55.2 Å². The fourth-order valence-corrected chi connectivity index (χ4v) is 3.94. The largest absolute Gasteiger partial charge is 0.504 e. The zero-order chi connectivity index (χ0) is 20.4. The Kier molecular flexibility index (Phi) is 9.60. The highest BCUT2D eigenvalue weighted by atomic mass is 16.5. The van der Waals surface area contributed by atoms with Crippen molar-refractivity contribution in [3.8, 4) is 11.5 Å². The lowest BCUT2D eigenvalue weighted by Gasteiger charge is -2.35. The topological polar surface area (TPSA) is 75.7 Å². The number of unbranched alkanes of at least 4 members (excludes halogenated alkanes) is 3. The van der Waals surface area contributed by atoms with E-state index in [1.165, 1.54) is 44.9 Å². The second-order valence-electron chi connectivity index (χ2n) is 9.27. The molecule has 0 heterocycles. The van der Waals surface area contributed by atoms with E-state index in [4.69, 9.17) is 10.5 Å². The minimum absolute atomic E-state index is 0.0217. The Balaban J connectivity index is 1.70. The molecule has 1 aromatic carbocycles. The van der Waals surface area contributed by atoms with Crippen LogP contribution in [-0.4, -0.2) is 29.0 Å². The minimum atomic E-state index is -0.508. The fraction of sp³-hybridized carbons (Fsp3) is 0.750. The van der Waals surface area contributed by atoms with E-state index in [0.29, 0.717) is 18.3 Å². The van der Waals surface area contributed by atoms with Gasteiger partial charge < -0.3 is 20.7 Å². The minimum Gasteiger partial charge on any atom is -0.504 e. The average molecular weight is 392 g/mol. The van der Waals surface area contributed by atoms with E-state index >= 15 is 0 Å². The fourth-order valence-electron chi connectivity index (χ4n) is 3.94. The van der Waals surface area contributed by atoms with Gasteiger partial charge in [0, 0.05) is 5.54 Å². The molecule has 0 aromatic heterocycles. The van der Waals surface area contributed by atoms with Crippen LogP contribution in [0.25, 0.3) is 0 Å². The van der Waals surface area contributed by atoms with E-state index in [9.17, 15) is 10.2 Å². The molecule has 4 nitrogen and oxygen atoms in total. The van der Waals surface area contributed by atoms with Gasteiger partial charge in [0.1, 0.15) is 0 Å². The Morgan fingerprint density at radius 2 is 1.93 bits per heavy atom. The molecule has 0 saturated heterocycles. The van der Waals surface area contributed by atoms with Gasteiger partial charge >= 0.3 is 0 Å². The summed E-state index contributed by atoms with van der Waals surface area (Å²) in [5.74, 6) is 2.21. The predicted molar refractivity (Wildman–Crippen MR) is 116 cm³/mol. The van der Waals surface area contributed by atoms with Crippen LogP contribution in [0, 0.1) is 11.8 Å². The number of phenols is 1. The van der Waals surface area contributed by atoms with Crippen molar-refractivity contribution in [1.82, 2.24) is 0 Å². The lowest BCUT2D eigenvalue weighted by atomic mass is 9.75. The Morgan fingerprint density at radius 3 is 2.54 bits per heavy atom. The Labute approximate surface area is 171 Å². The first kappa shape index (κ1) is 23.0. The summed E-state index contributed by atoms with van der Waals surface area (Å²) in [6.07, 6.45) is 12.2. The lowest BCUT2D eigenvalue weighted by Crippen LogP contribution is -2.46. The molecule has 0 aliphatic heterocycles. The zero-order valence-electron chi connectivity index (χ0n) is 18.0. The molecule has 1 aliphatic rings. The number of nitrogens with two attached hydrogens (primary N) is 1. The molecule has 160 valence electrons. The van der Waals surface area contributed by atoms with Crippen LogP contribution in [-0.2, 0) is 6.42 Å². The molecule has 0 unspecified atom stereocenters. The molecule has 1 atom stereocenters. The maximum atomic E-state index is 10.3. The van der Waals surface area contributed by atoms with Gasteiger partial charge in [0.2, 0.25) is 0 Å². The Bertz CT molecular complexity index is 571. The number of hydrogen-bond donors (Lipinski definition) is 3. The van der Waals surface area contributed by atoms with Crippen molar-refractivity contribution in [2.75, 3.05) is 13.2 Å². The Morgan fingerprint density at radius 1 is 1.18 bits per heavy atom. The van der Waals surface area contributed by atoms with Crippen molar-refractivity contribution >= 4 is 0 Å². The molecule has 1 fully saturated rings. The highest BCUT2D eigenvalue weighted by Crippen LogP contribution is 2.35. The van der Waals surface area contributed by atoms with Crippen molar-refractivity contribution in [2.24, 2.45) is 17.6 Å². The summed E-state index contributed by atoms with van der Waals surface area (Å²) in [6.45, 7) is 5.20. The first-order valence-corrected chi connectivity index (χ1v) is 11.3. The number of aliphatic hydroxyl groups excluding tert-OH is 1. The standard InChI is InChI=1S/C24H41NO3/c1-19(2)8-5-3-4-6-15-28-23-12-11-20(16-22(23)27)13-14-24(25,18-26)17-21-9-7-10-21/h11-12,16,19,21,26-27H,3-10,13-15,17-18,25H2,1-2H3/t24-/m0/s1. The van der Waals surface area contributed by atoms with Gasteiger partial charge in [-0.15, -0.1) is 0 Å². The highest BCUT2D eigenvalue weighted by Gasteiger charge is 2.30. The molecule has 28 heavy (non-hydrogen) atoms. The number of benzene rings is 1. The maximum Gasteiger partial charge on any atom is 0.160 e. The van der Waals surface area contributed by atoms with E-state index in [-0.39, 0.29) is 12.4 Å². The SMILES string of the molecule is CC(C)CCCCCCOc1ccc(CC[C@@](N)(CO)CC2CCC2)cc1O. The quantitative estimate of drug-likeness (QED) is 0.381. The van der Waals surface area contributed by atoms with Crippen LogP contribution in [0.3, 0.4) is 0 Å². The van der Waals surface area contributed by atoms with Crippen molar-refractivity contribution in [2.45, 2.75) is 90.0 Å². The van der Waals surface area contributed by atoms with Crippen LogP contribution >= 0.6 is 0 Å². The lowest BCUT2D eigenvalue weighted by molar-refractivity contribution is 0.135. The molecule has 0 radical (unpaired) electrons. The first-order valence-electron chi connectivity index (χ1n) is 11.3. The van der Waals surface area contributed by atoms with Crippen LogP contribution in [0.15, 0.2) is 18.2 Å². The number of aliphatic hydroxyl groups is 1. The van der Waals surface area contributed by atoms with Gasteiger partial charge in [-0.3, -0.25) is 0 Å². The van der Waals surface area contributed by atoms with E-state index in [2.05, 4.69) is 13.8 Å². The summed E-state index contributed by atoms with van der Waals surface area (Å²) < 4.78 is 5.75. The van der Waals surface area contributed by atoms with Gasteiger partial charge in [0.05, 0.1) is 13.2 Å². The van der Waals surface area contributed by atoms with Crippen molar-refractivity contribution in [3.05, 3.63) is 23.8 Å². The summed E-state index contributed by atoms with van der Waals surface area (Å²) in [7, 11) is 0. The number of hydrogen-bond acceptors (Lipinski definition) is 4. The van der Waals surface area contributed by atoms with E-state index < -0.39 is 5.54 Å². The zero-order valence-corrected chi connectivity index (χ0v) is 18.0. The van der Waals surface area contributed by atoms with E-state index in [1.54, 1.807) is 6.07 Å². The van der Waals surface area contributed by atoms with E-state index in [1.807, 2.05) is 12.1 Å². The molecule has 0 bridgehead atoms. The molecule has 1 aliphatic carbocycles. The predicted octanol–water partition coefficient (Wildman–Crippen LogP) is 5.19. The smallest absolute Gasteiger partial charge is 0.160 e. The molecule has 4 N–H and O–H groups in total. The normalized spacial score (nSPS) is 16.8. The summed E-state index contributed by atoms with van der Waals surface area (Å²) in [5, 5.41) is 20.0. The van der Waals surface area contributed by atoms with Gasteiger partial charge in [0.25, 0.3) is 0 Å². The number of phenolic OH excluding ortho intramolecular Hbond substituents is 1. The van der Waals surface area contributed by atoms with Gasteiger partial charge in [-0.2, -0.15) is 0 Å². The van der Waals surface area contributed by atoms with Gasteiger partial charge in [-0.1, -0.05) is 64.9 Å². The van der Waals surface area contributed by atoms with Crippen LogP contribution in [0.5, 0.6) is 11.5 Å². The van der Waals surface area contributed by atoms with Crippen LogP contribution in [0.1, 0.15) is 83.6 Å². The van der Waals surface area contributed by atoms with Crippen molar-refractivity contribution in [1.29, 1.82) is 0 Å². The Hall–Kier alpha value is -1.26. The third-order valence-electron chi connectivity index (χ3n) is 6.10. The molecule has 2 rings (SSSR count). The molecule has 0 spiro atoms. The number of aryl methyl sites for hydroxylation is 1. The van der Waals surface area contributed by atoms with Crippen LogP contribution in [0.4, 0.5) is 0 Å². The van der Waals surface area contributed by atoms with Crippen LogP contribution in [0.2, 0.25) is 0 Å².